The minimum absolute atomic E-state index is 0. The van der Waals surface area contributed by atoms with Gasteiger partial charge >= 0.3 is 0 Å². The van der Waals surface area contributed by atoms with Crippen molar-refractivity contribution in [3.63, 3.8) is 0 Å². The SMILES string of the molecule is C.Cc1cccc(CN2CCOc3cc4c(cc32)CCNCC4)c1. The molecule has 0 fully saturated rings. The Morgan fingerprint density at radius 3 is 2.67 bits per heavy atom. The van der Waals surface area contributed by atoms with Crippen molar-refractivity contribution in [3.8, 4) is 5.75 Å². The van der Waals surface area contributed by atoms with Crippen LogP contribution in [0.25, 0.3) is 0 Å². The fourth-order valence-electron chi connectivity index (χ4n) is 3.63. The van der Waals surface area contributed by atoms with E-state index in [1.54, 1.807) is 0 Å². The normalized spacial score (nSPS) is 16.3. The smallest absolute Gasteiger partial charge is 0.142 e. The first-order valence-electron chi connectivity index (χ1n) is 8.59. The number of fused-ring (bicyclic) bond motifs is 2. The van der Waals surface area contributed by atoms with Gasteiger partial charge in [0.1, 0.15) is 12.4 Å². The summed E-state index contributed by atoms with van der Waals surface area (Å²) in [6.45, 7) is 6.98. The summed E-state index contributed by atoms with van der Waals surface area (Å²) >= 11 is 0. The van der Waals surface area contributed by atoms with E-state index in [9.17, 15) is 0 Å². The molecular formula is C21H28N2O. The Labute approximate surface area is 145 Å². The molecule has 0 saturated heterocycles. The van der Waals surface area contributed by atoms with Gasteiger partial charge < -0.3 is 15.0 Å². The Balaban J connectivity index is 0.00000169. The van der Waals surface area contributed by atoms with Crippen LogP contribution in [-0.2, 0) is 19.4 Å². The molecule has 3 nitrogen and oxygen atoms in total. The van der Waals surface area contributed by atoms with Crippen molar-refractivity contribution >= 4 is 5.69 Å². The highest BCUT2D eigenvalue weighted by atomic mass is 16.5. The Morgan fingerprint density at radius 1 is 1.08 bits per heavy atom. The average molecular weight is 324 g/mol. The van der Waals surface area contributed by atoms with Gasteiger partial charge in [0, 0.05) is 6.54 Å². The van der Waals surface area contributed by atoms with E-state index in [0.29, 0.717) is 0 Å². The van der Waals surface area contributed by atoms with Gasteiger partial charge in [0.05, 0.1) is 12.2 Å². The first-order valence-corrected chi connectivity index (χ1v) is 8.59. The van der Waals surface area contributed by atoms with Gasteiger partial charge in [0.25, 0.3) is 0 Å². The fraction of sp³-hybridized carbons (Fsp3) is 0.429. The van der Waals surface area contributed by atoms with Crippen LogP contribution in [-0.4, -0.2) is 26.2 Å². The largest absolute Gasteiger partial charge is 0.490 e. The summed E-state index contributed by atoms with van der Waals surface area (Å²) in [6.07, 6.45) is 2.21. The van der Waals surface area contributed by atoms with E-state index in [1.165, 1.54) is 27.9 Å². The van der Waals surface area contributed by atoms with Gasteiger partial charge in [-0.3, -0.25) is 0 Å². The molecule has 2 aromatic rings. The molecule has 128 valence electrons. The van der Waals surface area contributed by atoms with Crippen molar-refractivity contribution in [3.05, 3.63) is 58.7 Å². The predicted molar refractivity (Wildman–Crippen MR) is 101 cm³/mol. The predicted octanol–water partition coefficient (Wildman–Crippen LogP) is 3.72. The number of hydrogen-bond donors (Lipinski definition) is 1. The van der Waals surface area contributed by atoms with Crippen LogP contribution in [0, 0.1) is 6.92 Å². The van der Waals surface area contributed by atoms with Crippen molar-refractivity contribution in [2.45, 2.75) is 33.7 Å². The first-order chi connectivity index (χ1) is 11.3. The quantitative estimate of drug-likeness (QED) is 0.911. The van der Waals surface area contributed by atoms with Gasteiger partial charge in [-0.15, -0.1) is 0 Å². The molecule has 2 aliphatic heterocycles. The van der Waals surface area contributed by atoms with E-state index < -0.39 is 0 Å². The van der Waals surface area contributed by atoms with Crippen LogP contribution in [0.3, 0.4) is 0 Å². The van der Waals surface area contributed by atoms with Crippen LogP contribution < -0.4 is 15.0 Å². The number of anilines is 1. The molecule has 0 spiro atoms. The summed E-state index contributed by atoms with van der Waals surface area (Å²) < 4.78 is 5.96. The molecule has 0 unspecified atom stereocenters. The van der Waals surface area contributed by atoms with Crippen molar-refractivity contribution < 1.29 is 4.74 Å². The Bertz CT molecular complexity index is 711. The number of rotatable bonds is 2. The van der Waals surface area contributed by atoms with Crippen molar-refractivity contribution in [2.24, 2.45) is 0 Å². The summed E-state index contributed by atoms with van der Waals surface area (Å²) in [4.78, 5) is 2.46. The van der Waals surface area contributed by atoms with Gasteiger partial charge in [0.2, 0.25) is 0 Å². The minimum Gasteiger partial charge on any atom is -0.490 e. The van der Waals surface area contributed by atoms with E-state index in [1.807, 2.05) is 0 Å². The Hall–Kier alpha value is -2.00. The van der Waals surface area contributed by atoms with E-state index in [4.69, 9.17) is 4.74 Å². The maximum absolute atomic E-state index is 5.96. The molecule has 4 rings (SSSR count). The van der Waals surface area contributed by atoms with E-state index in [-0.39, 0.29) is 7.43 Å². The topological polar surface area (TPSA) is 24.5 Å². The molecular weight excluding hydrogens is 296 g/mol. The van der Waals surface area contributed by atoms with E-state index in [0.717, 1.165) is 51.4 Å². The number of nitrogens with one attached hydrogen (secondary N) is 1. The lowest BCUT2D eigenvalue weighted by Gasteiger charge is -2.32. The highest BCUT2D eigenvalue weighted by Crippen LogP contribution is 2.36. The van der Waals surface area contributed by atoms with Gasteiger partial charge in [-0.05, 0) is 61.7 Å². The molecule has 1 N–H and O–H groups in total. The third-order valence-electron chi connectivity index (χ3n) is 4.84. The summed E-state index contributed by atoms with van der Waals surface area (Å²) in [5.74, 6) is 1.06. The Morgan fingerprint density at radius 2 is 1.88 bits per heavy atom. The van der Waals surface area contributed by atoms with Crippen LogP contribution >= 0.6 is 0 Å². The summed E-state index contributed by atoms with van der Waals surface area (Å²) in [5, 5.41) is 3.49. The van der Waals surface area contributed by atoms with E-state index in [2.05, 4.69) is 53.5 Å². The number of nitrogens with zero attached hydrogens (tertiary/aromatic N) is 1. The number of aryl methyl sites for hydroxylation is 1. The minimum atomic E-state index is 0. The van der Waals surface area contributed by atoms with Crippen LogP contribution in [0.2, 0.25) is 0 Å². The maximum atomic E-state index is 5.96. The second kappa shape index (κ2) is 7.27. The highest BCUT2D eigenvalue weighted by molar-refractivity contribution is 5.63. The Kier molecular flexibility index (Phi) is 5.10. The van der Waals surface area contributed by atoms with Crippen molar-refractivity contribution in [2.75, 3.05) is 31.1 Å². The third-order valence-corrected chi connectivity index (χ3v) is 4.84. The summed E-state index contributed by atoms with van der Waals surface area (Å²) in [6, 6.07) is 13.4. The maximum Gasteiger partial charge on any atom is 0.142 e. The number of benzene rings is 2. The van der Waals surface area contributed by atoms with Gasteiger partial charge in [-0.25, -0.2) is 0 Å². The first kappa shape index (κ1) is 16.8. The molecule has 0 radical (unpaired) electrons. The monoisotopic (exact) mass is 324 g/mol. The lowest BCUT2D eigenvalue weighted by atomic mass is 10.00. The zero-order valence-corrected chi connectivity index (χ0v) is 13.8. The average Bonchev–Trinajstić information content (AvgIpc) is 2.78. The van der Waals surface area contributed by atoms with Gasteiger partial charge in [-0.1, -0.05) is 37.3 Å². The van der Waals surface area contributed by atoms with Crippen LogP contribution in [0.5, 0.6) is 5.75 Å². The molecule has 24 heavy (non-hydrogen) atoms. The molecule has 2 heterocycles. The number of ether oxygens (including phenoxy) is 1. The summed E-state index contributed by atoms with van der Waals surface area (Å²) in [5.41, 5.74) is 6.89. The highest BCUT2D eigenvalue weighted by Gasteiger charge is 2.21. The molecule has 0 aliphatic carbocycles. The lowest BCUT2D eigenvalue weighted by molar-refractivity contribution is 0.306. The molecule has 0 saturated carbocycles. The zero-order valence-electron chi connectivity index (χ0n) is 13.8. The third kappa shape index (κ3) is 3.41. The zero-order chi connectivity index (χ0) is 15.6. The van der Waals surface area contributed by atoms with Crippen LogP contribution in [0.1, 0.15) is 29.7 Å². The molecule has 3 heteroatoms. The molecule has 2 aliphatic rings. The molecule has 0 aromatic heterocycles. The number of hydrogen-bond acceptors (Lipinski definition) is 3. The standard InChI is InChI=1S/C20H24N2O.CH4/c1-15-3-2-4-16(11-15)14-22-9-10-23-20-13-18-6-8-21-7-5-17(18)12-19(20)22;/h2-4,11-13,21H,5-10,14H2,1H3;1H4. The van der Waals surface area contributed by atoms with Crippen LogP contribution in [0.15, 0.2) is 36.4 Å². The van der Waals surface area contributed by atoms with Gasteiger partial charge in [-0.2, -0.15) is 0 Å². The van der Waals surface area contributed by atoms with Crippen molar-refractivity contribution in [1.82, 2.24) is 5.32 Å². The molecule has 0 atom stereocenters. The second-order valence-corrected chi connectivity index (χ2v) is 6.60. The fourth-order valence-corrected chi connectivity index (χ4v) is 3.63. The molecule has 2 aromatic carbocycles. The van der Waals surface area contributed by atoms with Crippen LogP contribution in [0.4, 0.5) is 5.69 Å². The van der Waals surface area contributed by atoms with Gasteiger partial charge in [0.15, 0.2) is 0 Å². The molecule has 0 bridgehead atoms. The summed E-state index contributed by atoms with van der Waals surface area (Å²) in [7, 11) is 0. The second-order valence-electron chi connectivity index (χ2n) is 6.60. The lowest BCUT2D eigenvalue weighted by Crippen LogP contribution is -2.32. The van der Waals surface area contributed by atoms with Crippen molar-refractivity contribution in [1.29, 1.82) is 0 Å². The van der Waals surface area contributed by atoms with E-state index >= 15 is 0 Å². The molecule has 0 amide bonds.